The summed E-state index contributed by atoms with van der Waals surface area (Å²) in [6, 6.07) is 10.9. The van der Waals surface area contributed by atoms with Crippen molar-refractivity contribution in [1.82, 2.24) is 15.5 Å². The molecule has 3 N–H and O–H groups in total. The molecule has 1 fully saturated rings. The summed E-state index contributed by atoms with van der Waals surface area (Å²) in [7, 11) is 0. The Morgan fingerprint density at radius 2 is 1.96 bits per heavy atom. The van der Waals surface area contributed by atoms with Crippen LogP contribution in [0.1, 0.15) is 30.2 Å². The van der Waals surface area contributed by atoms with Crippen LogP contribution in [0, 0.1) is 0 Å². The standard InChI is InChI=1S/C19H25N3O3/c23-17-7-2-1-6-15(17)9-10-20-19(24)21-14-16(18-8-5-13-25-18)22-11-3-4-12-22/h1-2,5-8,13,16,23H,3-4,9-12,14H2,(H2,20,21,24)/t16-/m1/s1. The van der Waals surface area contributed by atoms with E-state index in [1.165, 1.54) is 12.8 Å². The average Bonchev–Trinajstić information content (AvgIpc) is 3.31. The number of amides is 2. The number of carbonyl (C=O) groups is 1. The van der Waals surface area contributed by atoms with Gasteiger partial charge in [0.25, 0.3) is 0 Å². The number of rotatable bonds is 7. The lowest BCUT2D eigenvalue weighted by molar-refractivity contribution is 0.203. The summed E-state index contributed by atoms with van der Waals surface area (Å²) in [5.74, 6) is 1.15. The second-order valence-electron chi connectivity index (χ2n) is 6.29. The highest BCUT2D eigenvalue weighted by Gasteiger charge is 2.25. The number of nitrogens with zero attached hydrogens (tertiary/aromatic N) is 1. The van der Waals surface area contributed by atoms with Crippen molar-refractivity contribution < 1.29 is 14.3 Å². The second kappa shape index (κ2) is 8.58. The number of hydrogen-bond donors (Lipinski definition) is 3. The third-order valence-corrected chi connectivity index (χ3v) is 4.58. The number of furan rings is 1. The molecule has 1 saturated heterocycles. The number of phenolic OH excluding ortho intramolecular Hbond substituents is 1. The van der Waals surface area contributed by atoms with Crippen molar-refractivity contribution in [3.63, 3.8) is 0 Å². The number of aromatic hydroxyl groups is 1. The summed E-state index contributed by atoms with van der Waals surface area (Å²) in [4.78, 5) is 14.4. The largest absolute Gasteiger partial charge is 0.508 e. The van der Waals surface area contributed by atoms with E-state index in [4.69, 9.17) is 4.42 Å². The highest BCUT2D eigenvalue weighted by Crippen LogP contribution is 2.24. The molecular formula is C19H25N3O3. The fraction of sp³-hybridized carbons (Fsp3) is 0.421. The Bertz CT molecular complexity index is 666. The molecule has 25 heavy (non-hydrogen) atoms. The van der Waals surface area contributed by atoms with E-state index in [1.54, 1.807) is 18.4 Å². The first-order chi connectivity index (χ1) is 12.2. The van der Waals surface area contributed by atoms with Crippen molar-refractivity contribution in [2.75, 3.05) is 26.2 Å². The van der Waals surface area contributed by atoms with E-state index in [0.717, 1.165) is 24.4 Å². The molecule has 134 valence electrons. The Morgan fingerprint density at radius 3 is 2.68 bits per heavy atom. The van der Waals surface area contributed by atoms with E-state index in [1.807, 2.05) is 24.3 Å². The topological polar surface area (TPSA) is 77.7 Å². The van der Waals surface area contributed by atoms with Gasteiger partial charge < -0.3 is 20.2 Å². The fourth-order valence-electron chi connectivity index (χ4n) is 3.23. The average molecular weight is 343 g/mol. The van der Waals surface area contributed by atoms with Crippen LogP contribution in [0.2, 0.25) is 0 Å². The first-order valence-electron chi connectivity index (χ1n) is 8.80. The zero-order valence-electron chi connectivity index (χ0n) is 14.3. The van der Waals surface area contributed by atoms with Crippen LogP contribution in [0.25, 0.3) is 0 Å². The van der Waals surface area contributed by atoms with Gasteiger partial charge in [-0.3, -0.25) is 4.90 Å². The number of urea groups is 1. The molecule has 3 rings (SSSR count). The summed E-state index contributed by atoms with van der Waals surface area (Å²) < 4.78 is 5.55. The SMILES string of the molecule is O=C(NCCc1ccccc1O)NC[C@H](c1ccco1)N1CCCC1. The molecule has 0 radical (unpaired) electrons. The van der Waals surface area contributed by atoms with Gasteiger partial charge in [0.15, 0.2) is 0 Å². The summed E-state index contributed by atoms with van der Waals surface area (Å²) in [5, 5.41) is 15.5. The summed E-state index contributed by atoms with van der Waals surface area (Å²) >= 11 is 0. The van der Waals surface area contributed by atoms with Crippen LogP contribution in [0.15, 0.2) is 47.1 Å². The third kappa shape index (κ3) is 4.76. The minimum absolute atomic E-state index is 0.0708. The molecular weight excluding hydrogens is 318 g/mol. The van der Waals surface area contributed by atoms with Crippen molar-refractivity contribution in [3.8, 4) is 5.75 Å². The number of carbonyl (C=O) groups excluding carboxylic acids is 1. The van der Waals surface area contributed by atoms with E-state index in [0.29, 0.717) is 19.5 Å². The van der Waals surface area contributed by atoms with Crippen LogP contribution in [0.4, 0.5) is 4.79 Å². The monoisotopic (exact) mass is 343 g/mol. The van der Waals surface area contributed by atoms with E-state index in [-0.39, 0.29) is 17.8 Å². The molecule has 0 unspecified atom stereocenters. The molecule has 0 spiro atoms. The van der Waals surface area contributed by atoms with Gasteiger partial charge in [0.2, 0.25) is 0 Å². The van der Waals surface area contributed by atoms with Crippen LogP contribution >= 0.6 is 0 Å². The number of phenols is 1. The predicted molar refractivity (Wildman–Crippen MR) is 95.5 cm³/mol. The Hall–Kier alpha value is -2.47. The molecule has 2 amide bonds. The molecule has 2 heterocycles. The van der Waals surface area contributed by atoms with Gasteiger partial charge >= 0.3 is 6.03 Å². The maximum absolute atomic E-state index is 12.1. The smallest absolute Gasteiger partial charge is 0.314 e. The Morgan fingerprint density at radius 1 is 1.16 bits per heavy atom. The van der Waals surface area contributed by atoms with Crippen LogP contribution in [0.3, 0.4) is 0 Å². The van der Waals surface area contributed by atoms with Gasteiger partial charge in [0.1, 0.15) is 11.5 Å². The normalized spacial score (nSPS) is 15.8. The third-order valence-electron chi connectivity index (χ3n) is 4.58. The number of para-hydroxylation sites is 1. The van der Waals surface area contributed by atoms with Crippen molar-refractivity contribution in [2.24, 2.45) is 0 Å². The molecule has 1 aliphatic rings. The predicted octanol–water partition coefficient (Wildman–Crippen LogP) is 2.66. The van der Waals surface area contributed by atoms with E-state index < -0.39 is 0 Å². The van der Waals surface area contributed by atoms with Crippen molar-refractivity contribution >= 4 is 6.03 Å². The number of nitrogens with one attached hydrogen (secondary N) is 2. The Balaban J connectivity index is 1.46. The van der Waals surface area contributed by atoms with Gasteiger partial charge in [-0.05, 0) is 56.1 Å². The van der Waals surface area contributed by atoms with Gasteiger partial charge in [-0.2, -0.15) is 0 Å². The summed E-state index contributed by atoms with van der Waals surface area (Å²) in [6.45, 7) is 3.04. The summed E-state index contributed by atoms with van der Waals surface area (Å²) in [5.41, 5.74) is 0.827. The first-order valence-corrected chi connectivity index (χ1v) is 8.80. The highest BCUT2D eigenvalue weighted by molar-refractivity contribution is 5.73. The molecule has 1 atom stereocenters. The van der Waals surface area contributed by atoms with Gasteiger partial charge in [-0.15, -0.1) is 0 Å². The number of likely N-dealkylation sites (tertiary alicyclic amines) is 1. The van der Waals surface area contributed by atoms with Crippen molar-refractivity contribution in [2.45, 2.75) is 25.3 Å². The number of hydrogen-bond acceptors (Lipinski definition) is 4. The molecule has 0 saturated carbocycles. The molecule has 1 aromatic carbocycles. The highest BCUT2D eigenvalue weighted by atomic mass is 16.3. The zero-order chi connectivity index (χ0) is 17.5. The number of benzene rings is 1. The molecule has 6 nitrogen and oxygen atoms in total. The lowest BCUT2D eigenvalue weighted by Crippen LogP contribution is -2.42. The van der Waals surface area contributed by atoms with Crippen LogP contribution in [0.5, 0.6) is 5.75 Å². The van der Waals surface area contributed by atoms with Gasteiger partial charge in [-0.25, -0.2) is 4.79 Å². The van der Waals surface area contributed by atoms with Crippen LogP contribution < -0.4 is 10.6 Å². The molecule has 2 aromatic rings. The molecule has 0 bridgehead atoms. The second-order valence-corrected chi connectivity index (χ2v) is 6.29. The van der Waals surface area contributed by atoms with Crippen molar-refractivity contribution in [3.05, 3.63) is 54.0 Å². The quantitative estimate of drug-likeness (QED) is 0.722. The maximum Gasteiger partial charge on any atom is 0.314 e. The van der Waals surface area contributed by atoms with Gasteiger partial charge in [0.05, 0.1) is 12.3 Å². The maximum atomic E-state index is 12.1. The lowest BCUT2D eigenvalue weighted by atomic mass is 10.1. The molecule has 0 aliphatic carbocycles. The van der Waals surface area contributed by atoms with E-state index in [2.05, 4.69) is 15.5 Å². The summed E-state index contributed by atoms with van der Waals surface area (Å²) in [6.07, 6.45) is 4.63. The Kier molecular flexibility index (Phi) is 5.95. The Labute approximate surface area is 147 Å². The first kappa shape index (κ1) is 17.4. The minimum Gasteiger partial charge on any atom is -0.508 e. The van der Waals surface area contributed by atoms with Gasteiger partial charge in [-0.1, -0.05) is 18.2 Å². The fourth-order valence-corrected chi connectivity index (χ4v) is 3.23. The van der Waals surface area contributed by atoms with E-state index >= 15 is 0 Å². The molecule has 1 aromatic heterocycles. The van der Waals surface area contributed by atoms with Gasteiger partial charge in [0, 0.05) is 13.1 Å². The molecule has 6 heteroatoms. The van der Waals surface area contributed by atoms with E-state index in [9.17, 15) is 9.90 Å². The van der Waals surface area contributed by atoms with Crippen LogP contribution in [-0.4, -0.2) is 42.2 Å². The molecule has 1 aliphatic heterocycles. The minimum atomic E-state index is -0.203. The van der Waals surface area contributed by atoms with Crippen molar-refractivity contribution in [1.29, 1.82) is 0 Å². The zero-order valence-corrected chi connectivity index (χ0v) is 14.3. The van der Waals surface area contributed by atoms with Crippen LogP contribution in [-0.2, 0) is 6.42 Å². The lowest BCUT2D eigenvalue weighted by Gasteiger charge is -2.26.